The molecule has 2 aliphatic rings. The van der Waals surface area contributed by atoms with Crippen molar-refractivity contribution in [1.29, 1.82) is 0 Å². The molecule has 0 amide bonds. The normalized spacial score (nSPS) is 18.5. The van der Waals surface area contributed by atoms with Gasteiger partial charge in [0, 0.05) is 36.2 Å². The monoisotopic (exact) mass is 376 g/mol. The molecule has 0 bridgehead atoms. The number of anilines is 1. The fraction of sp³-hybridized carbons (Fsp3) is 0.458. The quantitative estimate of drug-likeness (QED) is 0.597. The van der Waals surface area contributed by atoms with E-state index in [2.05, 4.69) is 70.7 Å². The fourth-order valence-corrected chi connectivity index (χ4v) is 4.54. The second-order valence-corrected chi connectivity index (χ2v) is 8.24. The van der Waals surface area contributed by atoms with Crippen LogP contribution in [0.15, 0.2) is 54.3 Å². The van der Waals surface area contributed by atoms with Gasteiger partial charge < -0.3 is 15.3 Å². The zero-order chi connectivity index (χ0) is 19.5. The highest BCUT2D eigenvalue weighted by Crippen LogP contribution is 2.36. The molecule has 0 atom stereocenters. The van der Waals surface area contributed by atoms with E-state index in [1.54, 1.807) is 0 Å². The number of allylic oxidation sites excluding steroid dienone is 1. The molecule has 1 aliphatic carbocycles. The van der Waals surface area contributed by atoms with E-state index in [0.29, 0.717) is 5.92 Å². The van der Waals surface area contributed by atoms with Crippen LogP contribution in [0.4, 0.5) is 5.69 Å². The molecular formula is C24H32N4. The fourth-order valence-electron chi connectivity index (χ4n) is 4.54. The van der Waals surface area contributed by atoms with Crippen molar-refractivity contribution in [3.8, 4) is 0 Å². The maximum atomic E-state index is 5.85. The third-order valence-electron chi connectivity index (χ3n) is 6.33. The van der Waals surface area contributed by atoms with Gasteiger partial charge >= 0.3 is 0 Å². The molecule has 2 heterocycles. The Morgan fingerprint density at radius 3 is 2.43 bits per heavy atom. The van der Waals surface area contributed by atoms with Crippen molar-refractivity contribution in [2.75, 3.05) is 18.0 Å². The first-order valence-electron chi connectivity index (χ1n) is 10.7. The lowest BCUT2D eigenvalue weighted by Gasteiger charge is -2.35. The van der Waals surface area contributed by atoms with E-state index in [1.165, 1.54) is 42.5 Å². The van der Waals surface area contributed by atoms with Crippen molar-refractivity contribution in [2.45, 2.75) is 51.4 Å². The van der Waals surface area contributed by atoms with E-state index in [9.17, 15) is 0 Å². The van der Waals surface area contributed by atoms with Crippen molar-refractivity contribution < 1.29 is 0 Å². The summed E-state index contributed by atoms with van der Waals surface area (Å²) in [5, 5.41) is 4.18. The van der Waals surface area contributed by atoms with E-state index in [4.69, 9.17) is 5.84 Å². The molecule has 2 aromatic rings. The molecule has 2 fully saturated rings. The van der Waals surface area contributed by atoms with E-state index in [-0.39, 0.29) is 0 Å². The summed E-state index contributed by atoms with van der Waals surface area (Å²) in [7, 11) is 0. The Balaban J connectivity index is 1.55. The Kier molecular flexibility index (Phi) is 5.56. The highest BCUT2D eigenvalue weighted by atomic mass is 15.2. The summed E-state index contributed by atoms with van der Waals surface area (Å²) in [6.07, 6.45) is 9.10. The second-order valence-electron chi connectivity index (χ2n) is 8.24. The topological polar surface area (TPSA) is 46.5 Å². The van der Waals surface area contributed by atoms with E-state index in [0.717, 1.165) is 43.0 Å². The van der Waals surface area contributed by atoms with E-state index < -0.39 is 0 Å². The number of benzene rings is 1. The van der Waals surface area contributed by atoms with Crippen LogP contribution in [-0.2, 0) is 6.42 Å². The van der Waals surface area contributed by atoms with E-state index >= 15 is 0 Å². The average molecular weight is 377 g/mol. The van der Waals surface area contributed by atoms with Crippen LogP contribution < -0.4 is 16.2 Å². The third-order valence-corrected chi connectivity index (χ3v) is 6.33. The molecule has 28 heavy (non-hydrogen) atoms. The summed E-state index contributed by atoms with van der Waals surface area (Å²) < 4.78 is 2.11. The van der Waals surface area contributed by atoms with Gasteiger partial charge in [-0.3, -0.25) is 0 Å². The molecule has 1 saturated heterocycles. The maximum Gasteiger partial charge on any atom is 0.161 e. The first-order chi connectivity index (χ1) is 13.7. The zero-order valence-corrected chi connectivity index (χ0v) is 17.0. The second kappa shape index (κ2) is 8.26. The highest BCUT2D eigenvalue weighted by molar-refractivity contribution is 5.55. The van der Waals surface area contributed by atoms with Crippen molar-refractivity contribution in [3.05, 3.63) is 65.8 Å². The Morgan fingerprint density at radius 2 is 1.82 bits per heavy atom. The lowest BCUT2D eigenvalue weighted by atomic mass is 9.89. The van der Waals surface area contributed by atoms with Crippen LogP contribution in [0.1, 0.15) is 56.1 Å². The van der Waals surface area contributed by atoms with Gasteiger partial charge in [-0.1, -0.05) is 43.8 Å². The summed E-state index contributed by atoms with van der Waals surface area (Å²) in [5.74, 6) is 7.31. The third kappa shape index (κ3) is 3.87. The number of hydrogen-bond donors (Lipinski definition) is 1. The molecule has 1 aromatic carbocycles. The van der Waals surface area contributed by atoms with Crippen LogP contribution in [-0.4, -0.2) is 17.7 Å². The molecular weight excluding hydrogens is 344 g/mol. The molecule has 0 radical (unpaired) electrons. The van der Waals surface area contributed by atoms with Crippen molar-refractivity contribution in [3.63, 3.8) is 0 Å². The predicted molar refractivity (Wildman–Crippen MR) is 117 cm³/mol. The largest absolute Gasteiger partial charge is 0.371 e. The minimum absolute atomic E-state index is 0.660. The van der Waals surface area contributed by atoms with Crippen LogP contribution >= 0.6 is 0 Å². The van der Waals surface area contributed by atoms with Gasteiger partial charge in [-0.25, -0.2) is 0 Å². The number of aromatic nitrogens is 1. The van der Waals surface area contributed by atoms with E-state index in [1.807, 2.05) is 0 Å². The molecule has 4 rings (SSSR count). The lowest BCUT2D eigenvalue weighted by molar-refractivity contribution is 0.504. The first kappa shape index (κ1) is 18.9. The zero-order valence-electron chi connectivity index (χ0n) is 17.0. The number of pyridine rings is 1. The van der Waals surface area contributed by atoms with Crippen molar-refractivity contribution in [2.24, 2.45) is 16.9 Å². The van der Waals surface area contributed by atoms with Crippen molar-refractivity contribution in [1.82, 2.24) is 4.57 Å². The molecule has 0 spiro atoms. The highest BCUT2D eigenvalue weighted by Gasteiger charge is 2.25. The molecule has 1 aromatic heterocycles. The Morgan fingerprint density at radius 1 is 1.11 bits per heavy atom. The Hall–Kier alpha value is -2.49. The molecule has 2 N–H and O–H groups in total. The lowest BCUT2D eigenvalue weighted by Crippen LogP contribution is -2.36. The summed E-state index contributed by atoms with van der Waals surface area (Å²) in [5.41, 5.74) is 5.97. The minimum Gasteiger partial charge on any atom is -0.371 e. The standard InChI is InChI=1S/C24H32N4/c1-3-22-23(13-16-28(24(22)26-25)18(2)17-19-9-10-19)27-14-11-21(12-15-27)20-7-5-4-6-8-20/h4-8,13,16,19,21H,2-3,9-12,14-15,17,25H2,1H3/b26-24-. The number of nitrogens with zero attached hydrogens (tertiary/aromatic N) is 3. The molecule has 4 nitrogen and oxygen atoms in total. The van der Waals surface area contributed by atoms with Crippen LogP contribution in [0.2, 0.25) is 0 Å². The number of piperidine rings is 1. The smallest absolute Gasteiger partial charge is 0.161 e. The van der Waals surface area contributed by atoms with Gasteiger partial charge in [0.05, 0.1) is 0 Å². The van der Waals surface area contributed by atoms with Gasteiger partial charge in [-0.2, -0.15) is 5.10 Å². The summed E-state index contributed by atoms with van der Waals surface area (Å²) in [4.78, 5) is 2.51. The molecule has 4 heteroatoms. The van der Waals surface area contributed by atoms with Crippen LogP contribution in [0, 0.1) is 5.92 Å². The van der Waals surface area contributed by atoms with Crippen LogP contribution in [0.5, 0.6) is 0 Å². The van der Waals surface area contributed by atoms with Gasteiger partial charge in [0.2, 0.25) is 0 Å². The number of hydrogen-bond acceptors (Lipinski definition) is 3. The van der Waals surface area contributed by atoms with Crippen LogP contribution in [0.25, 0.3) is 5.70 Å². The molecule has 1 aliphatic heterocycles. The number of rotatable bonds is 6. The van der Waals surface area contributed by atoms with Gasteiger partial charge in [-0.05, 0) is 62.0 Å². The Labute approximate surface area is 168 Å². The average Bonchev–Trinajstić information content (AvgIpc) is 3.57. The summed E-state index contributed by atoms with van der Waals surface area (Å²) in [6.45, 7) is 8.65. The summed E-state index contributed by atoms with van der Waals surface area (Å²) in [6, 6.07) is 13.2. The Bertz CT molecular complexity index is 885. The first-order valence-corrected chi connectivity index (χ1v) is 10.7. The van der Waals surface area contributed by atoms with Crippen LogP contribution in [0.3, 0.4) is 0 Å². The van der Waals surface area contributed by atoms with Gasteiger partial charge in [0.1, 0.15) is 0 Å². The summed E-state index contributed by atoms with van der Waals surface area (Å²) >= 11 is 0. The van der Waals surface area contributed by atoms with Gasteiger partial charge in [-0.15, -0.1) is 0 Å². The molecule has 148 valence electrons. The minimum atomic E-state index is 0.660. The number of nitrogens with two attached hydrogens (primary N) is 1. The molecule has 0 unspecified atom stereocenters. The SMILES string of the molecule is C=C(CC1CC1)n1ccc(N2CCC(c3ccccc3)CC2)c(CC)/c1=N/N. The van der Waals surface area contributed by atoms with Gasteiger partial charge in [0.15, 0.2) is 5.49 Å². The van der Waals surface area contributed by atoms with Gasteiger partial charge in [0.25, 0.3) is 0 Å². The molecule has 1 saturated carbocycles. The predicted octanol–water partition coefficient (Wildman–Crippen LogP) is 4.48. The van der Waals surface area contributed by atoms with Crippen molar-refractivity contribution >= 4 is 11.4 Å². The maximum absolute atomic E-state index is 5.85.